The summed E-state index contributed by atoms with van der Waals surface area (Å²) < 4.78 is 1.39. The van der Waals surface area contributed by atoms with Crippen molar-refractivity contribution >= 4 is 21.4 Å². The topological polar surface area (TPSA) is 12.9 Å². The summed E-state index contributed by atoms with van der Waals surface area (Å²) in [7, 11) is 0. The van der Waals surface area contributed by atoms with Crippen molar-refractivity contribution in [1.82, 2.24) is 4.98 Å². The van der Waals surface area contributed by atoms with Gasteiger partial charge in [-0.15, -0.1) is 11.3 Å². The molecule has 0 aromatic carbocycles. The maximum Gasteiger partial charge on any atom is 0.0472 e. The maximum absolute atomic E-state index is 4.48. The van der Waals surface area contributed by atoms with Crippen molar-refractivity contribution in [2.45, 2.75) is 26.7 Å². The van der Waals surface area contributed by atoms with E-state index in [9.17, 15) is 0 Å². The fourth-order valence-corrected chi connectivity index (χ4v) is 2.55. The molecule has 2 heteroatoms. The molecule has 2 heterocycles. The molecule has 0 atom stereocenters. The third-order valence-electron chi connectivity index (χ3n) is 2.31. The summed E-state index contributed by atoms with van der Waals surface area (Å²) in [5, 5.41) is 3.40. The van der Waals surface area contributed by atoms with Gasteiger partial charge in [0.25, 0.3) is 0 Å². The minimum atomic E-state index is 0.520. The second-order valence-electron chi connectivity index (χ2n) is 3.63. The predicted molar refractivity (Wildman–Crippen MR) is 58.4 cm³/mol. The molecule has 1 nitrogen and oxygen atoms in total. The van der Waals surface area contributed by atoms with Gasteiger partial charge in [-0.1, -0.05) is 13.8 Å². The molecule has 0 aliphatic rings. The van der Waals surface area contributed by atoms with Crippen molar-refractivity contribution < 1.29 is 0 Å². The predicted octanol–water partition coefficient (Wildman–Crippen LogP) is 3.73. The van der Waals surface area contributed by atoms with Crippen LogP contribution < -0.4 is 0 Å². The van der Waals surface area contributed by atoms with Gasteiger partial charge in [-0.25, -0.2) is 0 Å². The molecule has 0 saturated heterocycles. The van der Waals surface area contributed by atoms with Gasteiger partial charge in [0.1, 0.15) is 0 Å². The summed E-state index contributed by atoms with van der Waals surface area (Å²) in [6.45, 7) is 6.55. The first-order valence-corrected chi connectivity index (χ1v) is 5.41. The van der Waals surface area contributed by atoms with Gasteiger partial charge < -0.3 is 0 Å². The van der Waals surface area contributed by atoms with Crippen LogP contribution in [0.2, 0.25) is 0 Å². The van der Waals surface area contributed by atoms with E-state index >= 15 is 0 Å². The first-order valence-electron chi connectivity index (χ1n) is 4.53. The van der Waals surface area contributed by atoms with Crippen LogP contribution in [0.25, 0.3) is 10.1 Å². The molecule has 0 aliphatic heterocycles. The zero-order chi connectivity index (χ0) is 9.42. The van der Waals surface area contributed by atoms with E-state index in [-0.39, 0.29) is 0 Å². The first kappa shape index (κ1) is 8.70. The highest BCUT2D eigenvalue weighted by Crippen LogP contribution is 2.28. The van der Waals surface area contributed by atoms with Gasteiger partial charge in [-0.2, -0.15) is 0 Å². The number of pyridine rings is 1. The zero-order valence-corrected chi connectivity index (χ0v) is 8.98. The van der Waals surface area contributed by atoms with E-state index in [2.05, 4.69) is 37.2 Å². The van der Waals surface area contributed by atoms with Crippen molar-refractivity contribution in [2.24, 2.45) is 0 Å². The summed E-state index contributed by atoms with van der Waals surface area (Å²) in [6, 6.07) is 2.13. The second-order valence-corrected chi connectivity index (χ2v) is 4.54. The lowest BCUT2D eigenvalue weighted by Crippen LogP contribution is -1.95. The smallest absolute Gasteiger partial charge is 0.0472 e. The number of hydrogen-bond acceptors (Lipinski definition) is 2. The van der Waals surface area contributed by atoms with Crippen LogP contribution in [0.3, 0.4) is 0 Å². The molecule has 0 fully saturated rings. The number of aryl methyl sites for hydroxylation is 1. The normalized spacial score (nSPS) is 11.4. The van der Waals surface area contributed by atoms with Crippen LogP contribution >= 0.6 is 11.3 Å². The summed E-state index contributed by atoms with van der Waals surface area (Å²) in [5.74, 6) is 0.520. The number of rotatable bonds is 1. The van der Waals surface area contributed by atoms with E-state index in [0.29, 0.717) is 5.92 Å². The van der Waals surface area contributed by atoms with Gasteiger partial charge in [-0.3, -0.25) is 4.98 Å². The van der Waals surface area contributed by atoms with E-state index in [1.807, 2.05) is 6.20 Å². The number of thiophene rings is 1. The molecule has 68 valence electrons. The van der Waals surface area contributed by atoms with Gasteiger partial charge in [0.05, 0.1) is 0 Å². The molecule has 0 N–H and O–H groups in total. The maximum atomic E-state index is 4.48. The minimum absolute atomic E-state index is 0.520. The molecule has 2 rings (SSSR count). The van der Waals surface area contributed by atoms with Crippen LogP contribution in [-0.4, -0.2) is 4.98 Å². The van der Waals surface area contributed by atoms with Crippen LogP contribution in [0, 0.1) is 6.92 Å². The van der Waals surface area contributed by atoms with E-state index in [1.165, 1.54) is 21.3 Å². The van der Waals surface area contributed by atoms with Crippen molar-refractivity contribution in [3.63, 3.8) is 0 Å². The minimum Gasteiger partial charge on any atom is -0.260 e. The molecule has 2 aromatic rings. The molecule has 2 aromatic heterocycles. The number of nitrogens with zero attached hydrogens (tertiary/aromatic N) is 1. The Hall–Kier alpha value is -0.890. The van der Waals surface area contributed by atoms with Crippen LogP contribution in [0.4, 0.5) is 0 Å². The third-order valence-corrected chi connectivity index (χ3v) is 3.36. The van der Waals surface area contributed by atoms with Crippen molar-refractivity contribution in [2.75, 3.05) is 0 Å². The Morgan fingerprint density at radius 3 is 2.85 bits per heavy atom. The van der Waals surface area contributed by atoms with Crippen LogP contribution in [-0.2, 0) is 0 Å². The van der Waals surface area contributed by atoms with Gasteiger partial charge in [0.15, 0.2) is 0 Å². The highest BCUT2D eigenvalue weighted by Gasteiger charge is 2.08. The number of aromatic nitrogens is 1. The Balaban J connectivity index is 2.73. The Kier molecular flexibility index (Phi) is 2.08. The molecular weight excluding hydrogens is 178 g/mol. The Morgan fingerprint density at radius 2 is 2.15 bits per heavy atom. The third kappa shape index (κ3) is 1.35. The summed E-state index contributed by atoms with van der Waals surface area (Å²) in [5.41, 5.74) is 2.58. The van der Waals surface area contributed by atoms with Crippen molar-refractivity contribution in [3.05, 3.63) is 28.9 Å². The van der Waals surface area contributed by atoms with Gasteiger partial charge in [0, 0.05) is 22.0 Å². The van der Waals surface area contributed by atoms with Crippen LogP contribution in [0.1, 0.15) is 31.0 Å². The summed E-state index contributed by atoms with van der Waals surface area (Å²) in [4.78, 5) is 4.48. The molecule has 13 heavy (non-hydrogen) atoms. The molecule has 0 unspecified atom stereocenters. The average molecular weight is 191 g/mol. The lowest BCUT2D eigenvalue weighted by molar-refractivity contribution is 0.816. The highest BCUT2D eigenvalue weighted by atomic mass is 32.1. The Labute approximate surface area is 82.4 Å². The zero-order valence-electron chi connectivity index (χ0n) is 8.16. The lowest BCUT2D eigenvalue weighted by Gasteiger charge is -2.08. The average Bonchev–Trinajstić information content (AvgIpc) is 2.52. The molecular formula is C11H13NS. The molecule has 0 aliphatic carbocycles. The summed E-state index contributed by atoms with van der Waals surface area (Å²) in [6.07, 6.45) is 1.98. The lowest BCUT2D eigenvalue weighted by atomic mass is 10.0. The second kappa shape index (κ2) is 3.11. The fourth-order valence-electron chi connectivity index (χ4n) is 1.66. The van der Waals surface area contributed by atoms with Crippen LogP contribution in [0.15, 0.2) is 17.6 Å². The number of hydrogen-bond donors (Lipinski definition) is 0. The van der Waals surface area contributed by atoms with E-state index in [0.717, 1.165) is 0 Å². The quantitative estimate of drug-likeness (QED) is 0.669. The molecule has 0 radical (unpaired) electrons. The monoisotopic (exact) mass is 191 g/mol. The fraction of sp³-hybridized carbons (Fsp3) is 0.364. The van der Waals surface area contributed by atoms with Gasteiger partial charge in [-0.05, 0) is 29.9 Å². The standard InChI is InChI=1S/C11H13NS/c1-7(2)10-8(3)11-9(6-12-10)4-5-13-11/h4-7H,1-3H3. The molecule has 0 amide bonds. The SMILES string of the molecule is Cc1c(C(C)C)ncc2ccsc12. The highest BCUT2D eigenvalue weighted by molar-refractivity contribution is 7.17. The van der Waals surface area contributed by atoms with E-state index < -0.39 is 0 Å². The summed E-state index contributed by atoms with van der Waals surface area (Å²) >= 11 is 1.81. The van der Waals surface area contributed by atoms with Crippen molar-refractivity contribution in [3.8, 4) is 0 Å². The largest absolute Gasteiger partial charge is 0.260 e. The Bertz CT molecular complexity index is 429. The van der Waals surface area contributed by atoms with Crippen molar-refractivity contribution in [1.29, 1.82) is 0 Å². The first-order chi connectivity index (χ1) is 6.20. The van der Waals surface area contributed by atoms with Gasteiger partial charge >= 0.3 is 0 Å². The van der Waals surface area contributed by atoms with Crippen LogP contribution in [0.5, 0.6) is 0 Å². The molecule has 0 saturated carbocycles. The molecule has 0 spiro atoms. The number of fused-ring (bicyclic) bond motifs is 1. The van der Waals surface area contributed by atoms with E-state index in [4.69, 9.17) is 0 Å². The van der Waals surface area contributed by atoms with E-state index in [1.54, 1.807) is 11.3 Å². The Morgan fingerprint density at radius 1 is 1.38 bits per heavy atom. The van der Waals surface area contributed by atoms with Gasteiger partial charge in [0.2, 0.25) is 0 Å². The molecule has 0 bridgehead atoms.